The van der Waals surface area contributed by atoms with E-state index in [4.69, 9.17) is 0 Å². The molecule has 0 heteroatoms. The quantitative estimate of drug-likeness (QED) is 0.394. The van der Waals surface area contributed by atoms with Gasteiger partial charge in [-0.25, -0.2) is 0 Å². The van der Waals surface area contributed by atoms with Gasteiger partial charge >= 0.3 is 0 Å². The number of rotatable bonds is 2. The Morgan fingerprint density at radius 2 is 0.970 bits per heavy atom. The van der Waals surface area contributed by atoms with Crippen LogP contribution < -0.4 is 0 Å². The molecule has 0 heterocycles. The maximum absolute atomic E-state index is 2.42. The summed E-state index contributed by atoms with van der Waals surface area (Å²) in [6, 6.07) is 29.2. The van der Waals surface area contributed by atoms with E-state index in [2.05, 4.69) is 127 Å². The minimum absolute atomic E-state index is 0.365. The lowest BCUT2D eigenvalue weighted by molar-refractivity contribution is 0.682. The van der Waals surface area contributed by atoms with Crippen molar-refractivity contribution in [1.82, 2.24) is 0 Å². The first-order valence-electron chi connectivity index (χ1n) is 12.0. The predicted octanol–water partition coefficient (Wildman–Crippen LogP) is 7.90. The van der Waals surface area contributed by atoms with E-state index in [0.29, 0.717) is 23.7 Å². The standard InChI is InChI=1S/C33H25/c1-2-12-22(13-3-1)31(32-27-18-8-4-14-23(27)24-15-5-9-19-28(24)32)33-29-20-10-6-16-25(29)26-17-7-11-21-30(26)33/h1-21,23,25,27,29H/b32-31-. The fraction of sp³-hybridized carbons (Fsp3) is 0.121. The van der Waals surface area contributed by atoms with Crippen LogP contribution in [0, 0.1) is 17.8 Å². The fourth-order valence-electron chi connectivity index (χ4n) is 6.45. The Balaban J connectivity index is 1.56. The molecule has 3 aromatic rings. The van der Waals surface area contributed by atoms with Gasteiger partial charge in [-0.15, -0.1) is 0 Å². The summed E-state index contributed by atoms with van der Waals surface area (Å²) in [5.74, 6) is 3.04. The van der Waals surface area contributed by atoms with Crippen LogP contribution in [0.5, 0.6) is 0 Å². The molecule has 3 aromatic carbocycles. The summed E-state index contributed by atoms with van der Waals surface area (Å²) in [6.07, 6.45) is 18.5. The molecule has 0 amide bonds. The summed E-state index contributed by atoms with van der Waals surface area (Å²) in [6.45, 7) is 0. The highest BCUT2D eigenvalue weighted by atomic mass is 14.5. The second kappa shape index (κ2) is 7.46. The van der Waals surface area contributed by atoms with Gasteiger partial charge < -0.3 is 0 Å². The summed E-state index contributed by atoms with van der Waals surface area (Å²) < 4.78 is 0. The van der Waals surface area contributed by atoms with E-state index in [1.165, 1.54) is 44.9 Å². The highest BCUT2D eigenvalue weighted by Gasteiger charge is 2.45. The number of benzene rings is 3. The summed E-state index contributed by atoms with van der Waals surface area (Å²) >= 11 is 0. The molecule has 0 saturated heterocycles. The maximum atomic E-state index is 2.42. The molecule has 157 valence electrons. The molecule has 33 heavy (non-hydrogen) atoms. The number of hydrogen-bond acceptors (Lipinski definition) is 0. The Hall–Kier alpha value is -3.64. The van der Waals surface area contributed by atoms with Crippen LogP contribution in [0.4, 0.5) is 0 Å². The Morgan fingerprint density at radius 3 is 1.70 bits per heavy atom. The molecule has 4 unspecified atom stereocenters. The van der Waals surface area contributed by atoms with E-state index in [9.17, 15) is 0 Å². The Morgan fingerprint density at radius 1 is 0.455 bits per heavy atom. The van der Waals surface area contributed by atoms with Crippen molar-refractivity contribution in [3.8, 4) is 0 Å². The Labute approximate surface area is 196 Å². The zero-order chi connectivity index (χ0) is 21.8. The third-order valence-corrected chi connectivity index (χ3v) is 7.76. The van der Waals surface area contributed by atoms with Crippen molar-refractivity contribution in [2.75, 3.05) is 0 Å². The first-order valence-corrected chi connectivity index (χ1v) is 12.0. The maximum Gasteiger partial charge on any atom is 0.0429 e. The Bertz CT molecular complexity index is 1380. The summed E-state index contributed by atoms with van der Waals surface area (Å²) in [7, 11) is 0. The van der Waals surface area contributed by atoms with Gasteiger partial charge in [-0.05, 0) is 39.0 Å². The summed E-state index contributed by atoms with van der Waals surface area (Å²) in [4.78, 5) is 0. The van der Waals surface area contributed by atoms with Crippen molar-refractivity contribution in [3.05, 3.63) is 161 Å². The molecule has 1 radical (unpaired) electrons. The molecular formula is C33H25. The number of fused-ring (bicyclic) bond motifs is 6. The lowest BCUT2D eigenvalue weighted by atomic mass is 9.73. The lowest BCUT2D eigenvalue weighted by Crippen LogP contribution is -2.16. The van der Waals surface area contributed by atoms with Crippen molar-refractivity contribution in [2.24, 2.45) is 11.8 Å². The van der Waals surface area contributed by atoms with E-state index in [-0.39, 0.29) is 0 Å². The van der Waals surface area contributed by atoms with Crippen LogP contribution in [0.3, 0.4) is 0 Å². The van der Waals surface area contributed by atoms with Gasteiger partial charge in [0.15, 0.2) is 0 Å². The Kier molecular flexibility index (Phi) is 4.27. The molecule has 0 N–H and O–H groups in total. The first kappa shape index (κ1) is 18.9. The van der Waals surface area contributed by atoms with Gasteiger partial charge in [-0.2, -0.15) is 0 Å². The summed E-state index contributed by atoms with van der Waals surface area (Å²) in [5.41, 5.74) is 9.95. The molecule has 0 spiro atoms. The van der Waals surface area contributed by atoms with Gasteiger partial charge in [0.1, 0.15) is 0 Å². The van der Waals surface area contributed by atoms with Crippen LogP contribution in [-0.4, -0.2) is 0 Å². The van der Waals surface area contributed by atoms with Crippen molar-refractivity contribution >= 4 is 11.1 Å². The van der Waals surface area contributed by atoms with Gasteiger partial charge in [0, 0.05) is 29.6 Å². The number of allylic oxidation sites excluding steroid dienone is 10. The lowest BCUT2D eigenvalue weighted by Gasteiger charge is -2.29. The van der Waals surface area contributed by atoms with Gasteiger partial charge in [-0.3, -0.25) is 0 Å². The minimum Gasteiger partial charge on any atom is -0.0792 e. The number of hydrogen-bond donors (Lipinski definition) is 0. The zero-order valence-corrected chi connectivity index (χ0v) is 18.4. The molecular weight excluding hydrogens is 396 g/mol. The molecule has 0 aliphatic heterocycles. The van der Waals surface area contributed by atoms with Crippen LogP contribution in [0.1, 0.15) is 39.7 Å². The molecule has 4 aliphatic rings. The van der Waals surface area contributed by atoms with Crippen LogP contribution in [-0.2, 0) is 0 Å². The van der Waals surface area contributed by atoms with E-state index in [1.54, 1.807) is 0 Å². The van der Waals surface area contributed by atoms with E-state index in [0.717, 1.165) is 0 Å². The SMILES string of the molecule is C1=CC2[C](/C(=C3\c4ccccc4C4C=CC=CC34)c3ccccc3)c3ccccc3C2C=C1. The monoisotopic (exact) mass is 421 g/mol. The molecule has 7 rings (SSSR count). The molecule has 0 bridgehead atoms. The molecule has 4 aliphatic carbocycles. The van der Waals surface area contributed by atoms with Crippen molar-refractivity contribution in [2.45, 2.75) is 11.8 Å². The van der Waals surface area contributed by atoms with Crippen molar-refractivity contribution < 1.29 is 0 Å². The summed E-state index contributed by atoms with van der Waals surface area (Å²) in [5, 5.41) is 0. The molecule has 0 nitrogen and oxygen atoms in total. The fourth-order valence-corrected chi connectivity index (χ4v) is 6.45. The van der Waals surface area contributed by atoms with Crippen molar-refractivity contribution in [3.63, 3.8) is 0 Å². The molecule has 0 saturated carbocycles. The van der Waals surface area contributed by atoms with Crippen molar-refractivity contribution in [1.29, 1.82) is 0 Å². The van der Waals surface area contributed by atoms with E-state index < -0.39 is 0 Å². The average Bonchev–Trinajstić information content (AvgIpc) is 3.39. The third-order valence-electron chi connectivity index (χ3n) is 7.76. The van der Waals surface area contributed by atoms with E-state index >= 15 is 0 Å². The smallest absolute Gasteiger partial charge is 0.0429 e. The predicted molar refractivity (Wildman–Crippen MR) is 138 cm³/mol. The molecule has 4 atom stereocenters. The van der Waals surface area contributed by atoms with Crippen LogP contribution in [0.2, 0.25) is 0 Å². The van der Waals surface area contributed by atoms with Gasteiger partial charge in [-0.1, -0.05) is 127 Å². The molecule has 0 fully saturated rings. The van der Waals surface area contributed by atoms with Gasteiger partial charge in [0.2, 0.25) is 0 Å². The second-order valence-electron chi connectivity index (χ2n) is 9.39. The largest absolute Gasteiger partial charge is 0.0792 e. The van der Waals surface area contributed by atoms with Crippen LogP contribution in [0.15, 0.2) is 127 Å². The minimum atomic E-state index is 0.365. The second-order valence-corrected chi connectivity index (χ2v) is 9.39. The van der Waals surface area contributed by atoms with Gasteiger partial charge in [0.25, 0.3) is 0 Å². The highest BCUT2D eigenvalue weighted by molar-refractivity contribution is 6.04. The zero-order valence-electron chi connectivity index (χ0n) is 18.4. The van der Waals surface area contributed by atoms with E-state index in [1.807, 2.05) is 0 Å². The average molecular weight is 422 g/mol. The van der Waals surface area contributed by atoms with Crippen LogP contribution in [0.25, 0.3) is 11.1 Å². The highest BCUT2D eigenvalue weighted by Crippen LogP contribution is 2.59. The van der Waals surface area contributed by atoms with Gasteiger partial charge in [0.05, 0.1) is 0 Å². The topological polar surface area (TPSA) is 0 Å². The van der Waals surface area contributed by atoms with Crippen LogP contribution >= 0.6 is 0 Å². The first-order chi connectivity index (χ1) is 16.4. The normalized spacial score (nSPS) is 27.8. The third kappa shape index (κ3) is 2.77. The molecule has 0 aromatic heterocycles.